The van der Waals surface area contributed by atoms with Crippen molar-refractivity contribution in [3.8, 4) is 0 Å². The molecule has 0 saturated carbocycles. The number of aliphatic hydroxyl groups excluding tert-OH is 1. The molecule has 96 valence electrons. The van der Waals surface area contributed by atoms with E-state index in [9.17, 15) is 4.79 Å². The fraction of sp³-hybridized carbons (Fsp3) is 0.875. The molecular formula is C8H17NO7. The zero-order chi connectivity index (χ0) is 12.6. The molecule has 8 nitrogen and oxygen atoms in total. The van der Waals surface area contributed by atoms with E-state index >= 15 is 0 Å². The van der Waals surface area contributed by atoms with Crippen molar-refractivity contribution in [3.63, 3.8) is 0 Å². The van der Waals surface area contributed by atoms with Crippen molar-refractivity contribution >= 4 is 5.97 Å². The first kappa shape index (κ1) is 15.2. The molecular weight excluding hydrogens is 222 g/mol. The number of nitrogens with zero attached hydrogens (tertiary/aromatic N) is 1. The highest BCUT2D eigenvalue weighted by atomic mass is 17.1. The minimum atomic E-state index is -1.52. The maximum absolute atomic E-state index is 11.0. The number of aliphatic carboxylic acids is 1. The number of carboxylic acids is 1. The molecule has 0 aliphatic rings. The van der Waals surface area contributed by atoms with Crippen molar-refractivity contribution in [2.45, 2.75) is 12.5 Å². The number of rotatable bonds is 9. The molecule has 0 aromatic carbocycles. The van der Waals surface area contributed by atoms with Crippen LogP contribution < -0.4 is 0 Å². The van der Waals surface area contributed by atoms with E-state index in [2.05, 4.69) is 9.78 Å². The molecule has 16 heavy (non-hydrogen) atoms. The Morgan fingerprint density at radius 2 is 1.69 bits per heavy atom. The van der Waals surface area contributed by atoms with E-state index < -0.39 is 18.1 Å². The average Bonchev–Trinajstić information content (AvgIpc) is 2.28. The standard InChI is InChI=1S/C8H17NO7/c1-8(6-10,7(11)12)9(2-4-15-13)3-5-16-14/h10,13-14H,2-6H2,1H3,(H,11,12). The van der Waals surface area contributed by atoms with Gasteiger partial charge in [0.1, 0.15) is 5.54 Å². The van der Waals surface area contributed by atoms with Crippen molar-refractivity contribution in [1.82, 2.24) is 4.90 Å². The van der Waals surface area contributed by atoms with Gasteiger partial charge in [-0.1, -0.05) is 0 Å². The first-order valence-electron chi connectivity index (χ1n) is 4.65. The predicted molar refractivity (Wildman–Crippen MR) is 51.9 cm³/mol. The topological polar surface area (TPSA) is 120 Å². The van der Waals surface area contributed by atoms with Gasteiger partial charge in [0.2, 0.25) is 0 Å². The molecule has 0 saturated heterocycles. The number of carboxylic acid groups (broad SMARTS) is 1. The number of hydrogen-bond acceptors (Lipinski definition) is 7. The molecule has 1 atom stereocenters. The van der Waals surface area contributed by atoms with E-state index in [4.69, 9.17) is 20.7 Å². The van der Waals surface area contributed by atoms with Crippen LogP contribution in [0.15, 0.2) is 0 Å². The summed E-state index contributed by atoms with van der Waals surface area (Å²) in [6, 6.07) is 0. The van der Waals surface area contributed by atoms with Crippen LogP contribution in [-0.2, 0) is 14.6 Å². The fourth-order valence-electron chi connectivity index (χ4n) is 1.21. The molecule has 4 N–H and O–H groups in total. The van der Waals surface area contributed by atoms with E-state index in [1.54, 1.807) is 0 Å². The lowest BCUT2D eigenvalue weighted by Crippen LogP contribution is -2.57. The third-order valence-electron chi connectivity index (χ3n) is 2.37. The first-order chi connectivity index (χ1) is 7.52. The van der Waals surface area contributed by atoms with Gasteiger partial charge in [-0.15, -0.1) is 0 Å². The molecule has 1 unspecified atom stereocenters. The zero-order valence-electron chi connectivity index (χ0n) is 9.00. The van der Waals surface area contributed by atoms with Crippen LogP contribution in [0.5, 0.6) is 0 Å². The third kappa shape index (κ3) is 4.00. The summed E-state index contributed by atoms with van der Waals surface area (Å²) < 4.78 is 0. The lowest BCUT2D eigenvalue weighted by Gasteiger charge is -2.35. The van der Waals surface area contributed by atoms with Crippen LogP contribution in [0, 0.1) is 0 Å². The molecule has 0 heterocycles. The molecule has 0 amide bonds. The van der Waals surface area contributed by atoms with Gasteiger partial charge in [-0.3, -0.25) is 20.2 Å². The Hall–Kier alpha value is -0.770. The Bertz CT molecular complexity index is 205. The molecule has 0 aromatic rings. The highest BCUT2D eigenvalue weighted by Gasteiger charge is 2.38. The second-order valence-corrected chi connectivity index (χ2v) is 3.39. The van der Waals surface area contributed by atoms with Gasteiger partial charge in [-0.25, -0.2) is 9.78 Å². The van der Waals surface area contributed by atoms with Crippen LogP contribution in [0.1, 0.15) is 6.92 Å². The molecule has 0 rings (SSSR count). The first-order valence-corrected chi connectivity index (χ1v) is 4.65. The van der Waals surface area contributed by atoms with Crippen molar-refractivity contribution in [3.05, 3.63) is 0 Å². The smallest absolute Gasteiger partial charge is 0.326 e. The second-order valence-electron chi connectivity index (χ2n) is 3.39. The van der Waals surface area contributed by atoms with Gasteiger partial charge in [0, 0.05) is 13.1 Å². The summed E-state index contributed by atoms with van der Waals surface area (Å²) >= 11 is 0. The van der Waals surface area contributed by atoms with Gasteiger partial charge in [0.15, 0.2) is 0 Å². The summed E-state index contributed by atoms with van der Waals surface area (Å²) in [5, 5.41) is 34.5. The number of hydrogen-bond donors (Lipinski definition) is 4. The Balaban J connectivity index is 4.60. The highest BCUT2D eigenvalue weighted by molar-refractivity contribution is 5.78. The Kier molecular flexibility index (Phi) is 7.13. The highest BCUT2D eigenvalue weighted by Crippen LogP contribution is 2.14. The van der Waals surface area contributed by atoms with Gasteiger partial charge < -0.3 is 10.2 Å². The molecule has 0 bridgehead atoms. The van der Waals surface area contributed by atoms with Gasteiger partial charge in [-0.2, -0.15) is 0 Å². The predicted octanol–water partition coefficient (Wildman–Crippen LogP) is -0.897. The average molecular weight is 239 g/mol. The van der Waals surface area contributed by atoms with E-state index in [-0.39, 0.29) is 26.3 Å². The van der Waals surface area contributed by atoms with E-state index in [0.717, 1.165) is 0 Å². The van der Waals surface area contributed by atoms with Crippen LogP contribution in [0.4, 0.5) is 0 Å². The molecule has 0 spiro atoms. The monoisotopic (exact) mass is 239 g/mol. The van der Waals surface area contributed by atoms with Crippen molar-refractivity contribution in [1.29, 1.82) is 0 Å². The summed E-state index contributed by atoms with van der Waals surface area (Å²) in [5.41, 5.74) is -1.52. The van der Waals surface area contributed by atoms with Gasteiger partial charge >= 0.3 is 5.97 Å². The largest absolute Gasteiger partial charge is 0.480 e. The quantitative estimate of drug-likeness (QED) is 0.302. The van der Waals surface area contributed by atoms with Gasteiger partial charge in [-0.05, 0) is 6.92 Å². The lowest BCUT2D eigenvalue weighted by atomic mass is 10.0. The lowest BCUT2D eigenvalue weighted by molar-refractivity contribution is -0.255. The molecule has 8 heteroatoms. The molecule has 0 aliphatic carbocycles. The Labute approximate surface area is 92.5 Å². The van der Waals surface area contributed by atoms with Gasteiger partial charge in [0.25, 0.3) is 0 Å². The van der Waals surface area contributed by atoms with Crippen LogP contribution >= 0.6 is 0 Å². The molecule has 0 aliphatic heterocycles. The van der Waals surface area contributed by atoms with Crippen LogP contribution in [-0.4, -0.2) is 70.0 Å². The van der Waals surface area contributed by atoms with Crippen LogP contribution in [0.25, 0.3) is 0 Å². The van der Waals surface area contributed by atoms with E-state index in [0.29, 0.717) is 0 Å². The Morgan fingerprint density at radius 3 is 1.94 bits per heavy atom. The number of aliphatic hydroxyl groups is 1. The van der Waals surface area contributed by atoms with Gasteiger partial charge in [0.05, 0.1) is 19.8 Å². The van der Waals surface area contributed by atoms with E-state index in [1.165, 1.54) is 11.8 Å². The SMILES string of the molecule is CC(CO)(C(=O)O)N(CCOO)CCOO. The van der Waals surface area contributed by atoms with Crippen LogP contribution in [0.3, 0.4) is 0 Å². The Morgan fingerprint density at radius 1 is 1.25 bits per heavy atom. The van der Waals surface area contributed by atoms with Crippen molar-refractivity contribution < 1.29 is 35.3 Å². The van der Waals surface area contributed by atoms with Crippen molar-refractivity contribution in [2.24, 2.45) is 0 Å². The normalized spacial score (nSPS) is 15.1. The molecule has 0 radical (unpaired) electrons. The summed E-state index contributed by atoms with van der Waals surface area (Å²) in [6.07, 6.45) is 0. The fourth-order valence-corrected chi connectivity index (χ4v) is 1.21. The maximum Gasteiger partial charge on any atom is 0.326 e. The number of carbonyl (C=O) groups is 1. The second kappa shape index (κ2) is 7.49. The summed E-state index contributed by atoms with van der Waals surface area (Å²) in [7, 11) is 0. The van der Waals surface area contributed by atoms with Crippen LogP contribution in [0.2, 0.25) is 0 Å². The molecule has 0 aromatic heterocycles. The summed E-state index contributed by atoms with van der Waals surface area (Å²) in [6.45, 7) is 0.623. The zero-order valence-corrected chi connectivity index (χ0v) is 9.00. The summed E-state index contributed by atoms with van der Waals surface area (Å²) in [4.78, 5) is 20.0. The maximum atomic E-state index is 11.0. The van der Waals surface area contributed by atoms with Crippen molar-refractivity contribution in [2.75, 3.05) is 32.9 Å². The summed E-state index contributed by atoms with van der Waals surface area (Å²) in [5.74, 6) is -1.22. The molecule has 0 fully saturated rings. The van der Waals surface area contributed by atoms with E-state index in [1.807, 2.05) is 0 Å². The third-order valence-corrected chi connectivity index (χ3v) is 2.37. The minimum Gasteiger partial charge on any atom is -0.480 e. The minimum absolute atomic E-state index is 0.0726.